The summed E-state index contributed by atoms with van der Waals surface area (Å²) in [6, 6.07) is 3.39. The van der Waals surface area contributed by atoms with Crippen molar-refractivity contribution < 1.29 is 14.0 Å². The van der Waals surface area contributed by atoms with E-state index < -0.39 is 12.1 Å². The molecule has 2 rings (SSSR count). The van der Waals surface area contributed by atoms with Gasteiger partial charge in [-0.3, -0.25) is 0 Å². The van der Waals surface area contributed by atoms with Crippen molar-refractivity contribution in [2.45, 2.75) is 19.1 Å². The van der Waals surface area contributed by atoms with Gasteiger partial charge in [0.15, 0.2) is 0 Å². The van der Waals surface area contributed by atoms with Gasteiger partial charge in [-0.2, -0.15) is 4.98 Å². The lowest BCUT2D eigenvalue weighted by atomic mass is 10.2. The third-order valence-corrected chi connectivity index (χ3v) is 3.07. The van der Waals surface area contributed by atoms with E-state index in [9.17, 15) is 9.50 Å². The molecule has 0 fully saturated rings. The molecular formula is C11H11BrFN3O2. The number of aliphatic hydroxyl groups excluding tert-OH is 1. The summed E-state index contributed by atoms with van der Waals surface area (Å²) in [6.45, 7) is 1.53. The minimum absolute atomic E-state index is 0.135. The summed E-state index contributed by atoms with van der Waals surface area (Å²) in [5, 5.41) is 13.1. The zero-order chi connectivity index (χ0) is 13.3. The molecule has 2 aromatic rings. The van der Waals surface area contributed by atoms with Gasteiger partial charge in [-0.15, -0.1) is 0 Å². The van der Waals surface area contributed by atoms with Crippen molar-refractivity contribution >= 4 is 15.9 Å². The summed E-state index contributed by atoms with van der Waals surface area (Å²) in [6.07, 6.45) is -0.796. The highest BCUT2D eigenvalue weighted by Crippen LogP contribution is 2.27. The zero-order valence-electron chi connectivity index (χ0n) is 9.47. The van der Waals surface area contributed by atoms with Crippen LogP contribution in [-0.4, -0.2) is 21.4 Å². The minimum Gasteiger partial charge on any atom is -0.391 e. The maximum atomic E-state index is 13.0. The number of halogens is 2. The quantitative estimate of drug-likeness (QED) is 0.905. The third-order valence-electron chi connectivity index (χ3n) is 2.42. The summed E-state index contributed by atoms with van der Waals surface area (Å²) < 4.78 is 18.4. The topological polar surface area (TPSA) is 85.2 Å². The largest absolute Gasteiger partial charge is 0.391 e. The fourth-order valence-corrected chi connectivity index (χ4v) is 1.89. The first kappa shape index (κ1) is 13.1. The van der Waals surface area contributed by atoms with Crippen LogP contribution in [0.15, 0.2) is 27.2 Å². The second-order valence-corrected chi connectivity index (χ2v) is 4.70. The van der Waals surface area contributed by atoms with E-state index in [0.717, 1.165) is 0 Å². The van der Waals surface area contributed by atoms with Gasteiger partial charge in [0.05, 0.1) is 6.10 Å². The second-order valence-electron chi connectivity index (χ2n) is 3.85. The van der Waals surface area contributed by atoms with E-state index in [1.165, 1.54) is 25.1 Å². The molecule has 0 aliphatic carbocycles. The van der Waals surface area contributed by atoms with Gasteiger partial charge in [0, 0.05) is 10.0 Å². The Morgan fingerprint density at radius 3 is 2.83 bits per heavy atom. The normalized spacial score (nSPS) is 14.5. The van der Waals surface area contributed by atoms with E-state index in [1.807, 2.05) is 0 Å². The van der Waals surface area contributed by atoms with E-state index in [1.54, 1.807) is 0 Å². The number of benzene rings is 1. The number of aromatic nitrogens is 2. The Morgan fingerprint density at radius 2 is 2.22 bits per heavy atom. The van der Waals surface area contributed by atoms with Crippen LogP contribution in [0.1, 0.15) is 18.9 Å². The lowest BCUT2D eigenvalue weighted by Crippen LogP contribution is -2.23. The van der Waals surface area contributed by atoms with Gasteiger partial charge in [-0.25, -0.2) is 4.39 Å². The van der Waals surface area contributed by atoms with Crippen molar-refractivity contribution in [3.05, 3.63) is 34.4 Å². The van der Waals surface area contributed by atoms with Gasteiger partial charge < -0.3 is 15.4 Å². The van der Waals surface area contributed by atoms with E-state index in [0.29, 0.717) is 10.0 Å². The Balaban J connectivity index is 2.35. The Hall–Kier alpha value is -1.31. The summed E-state index contributed by atoms with van der Waals surface area (Å²) in [5.41, 5.74) is 6.26. The molecule has 96 valence electrons. The predicted molar refractivity (Wildman–Crippen MR) is 66.0 cm³/mol. The molecule has 2 atom stereocenters. The lowest BCUT2D eigenvalue weighted by molar-refractivity contribution is 0.146. The molecule has 0 saturated carbocycles. The molecule has 2 unspecified atom stereocenters. The van der Waals surface area contributed by atoms with Crippen LogP contribution < -0.4 is 5.73 Å². The molecule has 1 aromatic carbocycles. The Bertz CT molecular complexity index is 559. The van der Waals surface area contributed by atoms with Gasteiger partial charge >= 0.3 is 0 Å². The van der Waals surface area contributed by atoms with Crippen molar-refractivity contribution in [2.24, 2.45) is 5.73 Å². The molecule has 0 saturated heterocycles. The van der Waals surface area contributed by atoms with Crippen LogP contribution in [0.5, 0.6) is 0 Å². The molecule has 0 spiro atoms. The molecule has 0 bridgehead atoms. The molecule has 0 aliphatic rings. The maximum absolute atomic E-state index is 13.0. The van der Waals surface area contributed by atoms with Gasteiger partial charge in [-0.05, 0) is 41.1 Å². The van der Waals surface area contributed by atoms with Crippen LogP contribution in [-0.2, 0) is 0 Å². The number of nitrogens with two attached hydrogens (primary N) is 1. The van der Waals surface area contributed by atoms with E-state index in [4.69, 9.17) is 10.3 Å². The molecule has 18 heavy (non-hydrogen) atoms. The van der Waals surface area contributed by atoms with Crippen molar-refractivity contribution in [1.29, 1.82) is 0 Å². The minimum atomic E-state index is -0.796. The van der Waals surface area contributed by atoms with Crippen LogP contribution in [0.25, 0.3) is 11.4 Å². The van der Waals surface area contributed by atoms with E-state index in [-0.39, 0.29) is 17.5 Å². The average Bonchev–Trinajstić information content (AvgIpc) is 2.77. The van der Waals surface area contributed by atoms with E-state index in [2.05, 4.69) is 26.1 Å². The highest BCUT2D eigenvalue weighted by Gasteiger charge is 2.20. The molecule has 3 N–H and O–H groups in total. The number of nitrogens with zero attached hydrogens (tertiary/aromatic N) is 2. The summed E-state index contributed by atoms with van der Waals surface area (Å²) in [7, 11) is 0. The summed E-state index contributed by atoms with van der Waals surface area (Å²) >= 11 is 3.22. The fraction of sp³-hybridized carbons (Fsp3) is 0.273. The monoisotopic (exact) mass is 315 g/mol. The van der Waals surface area contributed by atoms with Crippen LogP contribution in [0.2, 0.25) is 0 Å². The Labute approximate surface area is 111 Å². The molecule has 1 aromatic heterocycles. The molecule has 1 heterocycles. The zero-order valence-corrected chi connectivity index (χ0v) is 11.1. The standard InChI is InChI=1S/C11H11BrFN3O2/c1-5(17)9(14)11-15-10(16-18-11)7-3-2-6(13)4-8(7)12/h2-5,9,17H,14H2,1H3. The van der Waals surface area contributed by atoms with Gasteiger partial charge in [0.25, 0.3) is 0 Å². The second kappa shape index (κ2) is 5.13. The maximum Gasteiger partial charge on any atom is 0.246 e. The van der Waals surface area contributed by atoms with Gasteiger partial charge in [0.2, 0.25) is 11.7 Å². The van der Waals surface area contributed by atoms with E-state index >= 15 is 0 Å². The van der Waals surface area contributed by atoms with Gasteiger partial charge in [0.1, 0.15) is 11.9 Å². The van der Waals surface area contributed by atoms with Crippen LogP contribution >= 0.6 is 15.9 Å². The molecule has 0 radical (unpaired) electrons. The first-order valence-corrected chi connectivity index (χ1v) is 6.01. The summed E-state index contributed by atoms with van der Waals surface area (Å²) in [4.78, 5) is 4.08. The fourth-order valence-electron chi connectivity index (χ4n) is 1.36. The predicted octanol–water partition coefficient (Wildman–Crippen LogP) is 2.02. The van der Waals surface area contributed by atoms with Crippen molar-refractivity contribution in [2.75, 3.05) is 0 Å². The first-order valence-electron chi connectivity index (χ1n) is 5.21. The van der Waals surface area contributed by atoms with Crippen molar-refractivity contribution in [3.8, 4) is 11.4 Å². The number of hydrogen-bond acceptors (Lipinski definition) is 5. The number of aliphatic hydroxyl groups is 1. The first-order chi connectivity index (χ1) is 8.49. The van der Waals surface area contributed by atoms with Crippen LogP contribution in [0.3, 0.4) is 0 Å². The molecule has 7 heteroatoms. The van der Waals surface area contributed by atoms with Gasteiger partial charge in [-0.1, -0.05) is 5.16 Å². The van der Waals surface area contributed by atoms with Crippen molar-refractivity contribution in [3.63, 3.8) is 0 Å². The molecular weight excluding hydrogens is 305 g/mol. The third kappa shape index (κ3) is 2.58. The smallest absolute Gasteiger partial charge is 0.246 e. The number of hydrogen-bond donors (Lipinski definition) is 2. The van der Waals surface area contributed by atoms with Crippen molar-refractivity contribution in [1.82, 2.24) is 10.1 Å². The SMILES string of the molecule is CC(O)C(N)c1nc(-c2ccc(F)cc2Br)no1. The highest BCUT2D eigenvalue weighted by molar-refractivity contribution is 9.10. The Morgan fingerprint density at radius 1 is 1.50 bits per heavy atom. The molecule has 0 aliphatic heterocycles. The molecule has 0 amide bonds. The molecule has 5 nitrogen and oxygen atoms in total. The summed E-state index contributed by atoms with van der Waals surface area (Å²) in [5.74, 6) is 0.0548. The Kier molecular flexibility index (Phi) is 3.74. The number of rotatable bonds is 3. The lowest BCUT2D eigenvalue weighted by Gasteiger charge is -2.08. The average molecular weight is 316 g/mol. The highest BCUT2D eigenvalue weighted by atomic mass is 79.9. The van der Waals surface area contributed by atoms with Crippen LogP contribution in [0, 0.1) is 5.82 Å². The van der Waals surface area contributed by atoms with Crippen LogP contribution in [0.4, 0.5) is 4.39 Å².